The van der Waals surface area contributed by atoms with Gasteiger partial charge in [-0.1, -0.05) is 12.7 Å². The zero-order valence-electron chi connectivity index (χ0n) is 8.51. The molecule has 0 radical (unpaired) electrons. The number of anilines is 1. The van der Waals surface area contributed by atoms with Gasteiger partial charge < -0.3 is 9.84 Å². The van der Waals surface area contributed by atoms with Crippen molar-refractivity contribution in [2.24, 2.45) is 0 Å². The number of nitrogens with one attached hydrogen (secondary N) is 1. The Balaban J connectivity index is 2.86. The van der Waals surface area contributed by atoms with Crippen LogP contribution in [0.3, 0.4) is 0 Å². The van der Waals surface area contributed by atoms with Crippen LogP contribution in [0.4, 0.5) is 10.6 Å². The monoisotopic (exact) mass is 301 g/mol. The molecule has 0 spiro atoms. The van der Waals surface area contributed by atoms with Gasteiger partial charge in [-0.05, 0) is 15.9 Å². The van der Waals surface area contributed by atoms with Gasteiger partial charge in [-0.15, -0.1) is 0 Å². The van der Waals surface area contributed by atoms with Gasteiger partial charge in [0, 0.05) is 0 Å². The average molecular weight is 302 g/mol. The van der Waals surface area contributed by atoms with Crippen molar-refractivity contribution in [2.45, 2.75) is 0 Å². The summed E-state index contributed by atoms with van der Waals surface area (Å²) in [5.41, 5.74) is -0.380. The van der Waals surface area contributed by atoms with Gasteiger partial charge in [-0.3, -0.25) is 5.32 Å². The third-order valence-corrected chi connectivity index (χ3v) is 1.88. The van der Waals surface area contributed by atoms with Gasteiger partial charge in [0.05, 0.1) is 6.20 Å². The molecule has 1 aromatic rings. The summed E-state index contributed by atoms with van der Waals surface area (Å²) in [6, 6.07) is 0. The fourth-order valence-electron chi connectivity index (χ4n) is 0.876. The molecule has 0 aliphatic heterocycles. The maximum atomic E-state index is 11.2. The standard InChI is InChI=1S/C9H8BrN3O4/c1-2-3-17-9(16)13-7-6(8(14)15)12-5(10)4-11-7/h2,4H,1,3H2,(H,14,15)(H,11,13,16). The Hall–Kier alpha value is -1.96. The molecule has 0 aliphatic rings. The van der Waals surface area contributed by atoms with E-state index in [2.05, 4.69) is 42.5 Å². The van der Waals surface area contributed by atoms with Crippen molar-refractivity contribution in [1.82, 2.24) is 9.97 Å². The Morgan fingerprint density at radius 2 is 2.35 bits per heavy atom. The molecule has 0 unspecified atom stereocenters. The smallest absolute Gasteiger partial charge is 0.413 e. The molecule has 2 N–H and O–H groups in total. The zero-order valence-corrected chi connectivity index (χ0v) is 10.1. The first-order valence-corrected chi connectivity index (χ1v) is 5.14. The van der Waals surface area contributed by atoms with Crippen molar-refractivity contribution >= 4 is 33.8 Å². The predicted octanol–water partition coefficient (Wildman–Crippen LogP) is 1.67. The minimum absolute atomic E-state index is 0.0121. The molecular weight excluding hydrogens is 294 g/mol. The fraction of sp³-hybridized carbons (Fsp3) is 0.111. The molecule has 90 valence electrons. The van der Waals surface area contributed by atoms with Gasteiger partial charge in [0.2, 0.25) is 0 Å². The van der Waals surface area contributed by atoms with Crippen LogP contribution in [-0.4, -0.2) is 33.7 Å². The molecule has 0 atom stereocenters. The van der Waals surface area contributed by atoms with Crippen LogP contribution in [0.25, 0.3) is 0 Å². The van der Waals surface area contributed by atoms with E-state index in [4.69, 9.17) is 5.11 Å². The molecule has 0 aliphatic carbocycles. The second-order valence-electron chi connectivity index (χ2n) is 2.71. The number of carboxylic acid groups (broad SMARTS) is 1. The lowest BCUT2D eigenvalue weighted by atomic mass is 10.4. The SMILES string of the molecule is C=CCOC(=O)Nc1ncc(Br)nc1C(=O)O. The van der Waals surface area contributed by atoms with Crippen molar-refractivity contribution < 1.29 is 19.4 Å². The largest absolute Gasteiger partial charge is 0.476 e. The van der Waals surface area contributed by atoms with Gasteiger partial charge in [-0.2, -0.15) is 0 Å². The summed E-state index contributed by atoms with van der Waals surface area (Å²) >= 11 is 2.98. The number of carbonyl (C=O) groups excluding carboxylic acids is 1. The second-order valence-corrected chi connectivity index (χ2v) is 3.52. The number of carboxylic acids is 1. The molecule has 0 bridgehead atoms. The van der Waals surface area contributed by atoms with E-state index in [-0.39, 0.29) is 22.7 Å². The number of hydrogen-bond donors (Lipinski definition) is 2. The predicted molar refractivity (Wildman–Crippen MR) is 61.9 cm³/mol. The van der Waals surface area contributed by atoms with Gasteiger partial charge in [0.1, 0.15) is 11.2 Å². The van der Waals surface area contributed by atoms with Crippen LogP contribution in [0.2, 0.25) is 0 Å². The summed E-state index contributed by atoms with van der Waals surface area (Å²) in [5.74, 6) is -1.49. The summed E-state index contributed by atoms with van der Waals surface area (Å²) in [6.07, 6.45) is 1.81. The Morgan fingerprint density at radius 1 is 1.65 bits per heavy atom. The van der Waals surface area contributed by atoms with E-state index in [0.717, 1.165) is 0 Å². The number of amides is 1. The lowest BCUT2D eigenvalue weighted by Crippen LogP contribution is -2.18. The van der Waals surface area contributed by atoms with Crippen molar-refractivity contribution in [3.8, 4) is 0 Å². The van der Waals surface area contributed by atoms with Crippen LogP contribution in [-0.2, 0) is 4.74 Å². The molecule has 0 fully saturated rings. The minimum Gasteiger partial charge on any atom is -0.476 e. The average Bonchev–Trinajstić information content (AvgIpc) is 2.28. The normalized spacial score (nSPS) is 9.47. The van der Waals surface area contributed by atoms with Crippen LogP contribution < -0.4 is 5.32 Å². The Morgan fingerprint density at radius 3 is 2.94 bits per heavy atom. The molecule has 1 amide bonds. The van der Waals surface area contributed by atoms with Crippen LogP contribution in [0, 0.1) is 0 Å². The quantitative estimate of drug-likeness (QED) is 0.820. The highest BCUT2D eigenvalue weighted by atomic mass is 79.9. The summed E-state index contributed by atoms with van der Waals surface area (Å²) in [7, 11) is 0. The number of nitrogens with zero attached hydrogens (tertiary/aromatic N) is 2. The maximum absolute atomic E-state index is 11.2. The summed E-state index contributed by atoms with van der Waals surface area (Å²) in [4.78, 5) is 29.4. The number of rotatable bonds is 4. The molecule has 0 aromatic carbocycles. The number of halogens is 1. The fourth-order valence-corrected chi connectivity index (χ4v) is 1.16. The molecule has 8 heteroatoms. The van der Waals surface area contributed by atoms with Gasteiger partial charge >= 0.3 is 12.1 Å². The van der Waals surface area contributed by atoms with E-state index in [1.807, 2.05) is 0 Å². The van der Waals surface area contributed by atoms with Gasteiger partial charge in [-0.25, -0.2) is 19.6 Å². The van der Waals surface area contributed by atoms with Crippen LogP contribution in [0.5, 0.6) is 0 Å². The second kappa shape index (κ2) is 5.94. The van der Waals surface area contributed by atoms with Crippen molar-refractivity contribution in [3.63, 3.8) is 0 Å². The maximum Gasteiger partial charge on any atom is 0.413 e. The van der Waals surface area contributed by atoms with Crippen molar-refractivity contribution in [1.29, 1.82) is 0 Å². The van der Waals surface area contributed by atoms with E-state index in [1.54, 1.807) is 0 Å². The summed E-state index contributed by atoms with van der Waals surface area (Å²) in [5, 5.41) is 11.0. The summed E-state index contributed by atoms with van der Waals surface area (Å²) < 4.78 is 4.87. The molecule has 0 saturated heterocycles. The minimum atomic E-state index is -1.31. The number of carbonyl (C=O) groups is 2. The van der Waals surface area contributed by atoms with Gasteiger partial charge in [0.25, 0.3) is 0 Å². The molecule has 7 nitrogen and oxygen atoms in total. The van der Waals surface area contributed by atoms with Gasteiger partial charge in [0.15, 0.2) is 11.5 Å². The number of aromatic nitrogens is 2. The van der Waals surface area contributed by atoms with Crippen LogP contribution >= 0.6 is 15.9 Å². The first-order valence-electron chi connectivity index (χ1n) is 4.35. The summed E-state index contributed by atoms with van der Waals surface area (Å²) in [6.45, 7) is 3.38. The van der Waals surface area contributed by atoms with E-state index < -0.39 is 12.1 Å². The van der Waals surface area contributed by atoms with E-state index in [9.17, 15) is 9.59 Å². The topological polar surface area (TPSA) is 101 Å². The highest BCUT2D eigenvalue weighted by Crippen LogP contribution is 2.13. The Kier molecular flexibility index (Phi) is 4.58. The molecular formula is C9H8BrN3O4. The molecule has 1 rings (SSSR count). The zero-order chi connectivity index (χ0) is 12.8. The lowest BCUT2D eigenvalue weighted by molar-refractivity contribution is 0.0691. The first kappa shape index (κ1) is 13.1. The van der Waals surface area contributed by atoms with Crippen LogP contribution in [0.1, 0.15) is 10.5 Å². The van der Waals surface area contributed by atoms with E-state index in [0.29, 0.717) is 0 Å². The third kappa shape index (κ3) is 3.83. The highest BCUT2D eigenvalue weighted by Gasteiger charge is 2.16. The lowest BCUT2D eigenvalue weighted by Gasteiger charge is -2.06. The number of hydrogen-bond acceptors (Lipinski definition) is 5. The number of aromatic carboxylic acids is 1. The molecule has 1 aromatic heterocycles. The highest BCUT2D eigenvalue weighted by molar-refractivity contribution is 9.10. The van der Waals surface area contributed by atoms with E-state index in [1.165, 1.54) is 12.3 Å². The van der Waals surface area contributed by atoms with Crippen molar-refractivity contribution in [3.05, 3.63) is 29.1 Å². The Bertz CT molecular complexity index is 464. The van der Waals surface area contributed by atoms with Crippen LogP contribution in [0.15, 0.2) is 23.5 Å². The molecule has 0 saturated carbocycles. The number of ether oxygens (including phenoxy) is 1. The molecule has 17 heavy (non-hydrogen) atoms. The Labute approximate surface area is 105 Å². The third-order valence-electron chi connectivity index (χ3n) is 1.50. The first-order chi connectivity index (χ1) is 8.04. The molecule has 1 heterocycles. The van der Waals surface area contributed by atoms with E-state index >= 15 is 0 Å². The van der Waals surface area contributed by atoms with Crippen molar-refractivity contribution in [2.75, 3.05) is 11.9 Å².